The van der Waals surface area contributed by atoms with Gasteiger partial charge in [-0.3, -0.25) is 0 Å². The largest absolute Gasteiger partial charge is 0.372 e. The zero-order valence-corrected chi connectivity index (χ0v) is 13.4. The molecule has 1 atom stereocenters. The van der Waals surface area contributed by atoms with Gasteiger partial charge in [-0.25, -0.2) is 14.5 Å². The maximum atomic E-state index is 12.4. The Bertz CT molecular complexity index is 672. The molecule has 0 unspecified atom stereocenters. The molecule has 0 radical (unpaired) electrons. The van der Waals surface area contributed by atoms with Crippen molar-refractivity contribution in [2.24, 2.45) is 0 Å². The van der Waals surface area contributed by atoms with Crippen LogP contribution in [-0.4, -0.2) is 51.0 Å². The maximum absolute atomic E-state index is 12.4. The number of pyridine rings is 1. The predicted molar refractivity (Wildman–Crippen MR) is 86.6 cm³/mol. The smallest absolute Gasteiger partial charge is 0.322 e. The van der Waals surface area contributed by atoms with Crippen molar-refractivity contribution in [3.05, 3.63) is 36.8 Å². The van der Waals surface area contributed by atoms with Gasteiger partial charge in [-0.2, -0.15) is 5.10 Å². The van der Waals surface area contributed by atoms with Crippen LogP contribution in [-0.2, 0) is 4.74 Å². The van der Waals surface area contributed by atoms with Crippen LogP contribution < -0.4 is 5.32 Å². The number of aromatic nitrogens is 3. The average molecular weight is 315 g/mol. The normalized spacial score (nSPS) is 21.2. The summed E-state index contributed by atoms with van der Waals surface area (Å²) in [7, 11) is 0. The second-order valence-electron chi connectivity index (χ2n) is 5.87. The summed E-state index contributed by atoms with van der Waals surface area (Å²) in [6.45, 7) is 5.84. The summed E-state index contributed by atoms with van der Waals surface area (Å²) < 4.78 is 7.39. The molecule has 1 aliphatic rings. The molecule has 23 heavy (non-hydrogen) atoms. The van der Waals surface area contributed by atoms with Crippen molar-refractivity contribution in [3.63, 3.8) is 0 Å². The van der Waals surface area contributed by atoms with Crippen molar-refractivity contribution < 1.29 is 9.53 Å². The first-order valence-electron chi connectivity index (χ1n) is 7.76. The Morgan fingerprint density at radius 3 is 3.09 bits per heavy atom. The first-order chi connectivity index (χ1) is 11.1. The van der Waals surface area contributed by atoms with Crippen LogP contribution in [0, 0.1) is 0 Å². The molecule has 1 fully saturated rings. The van der Waals surface area contributed by atoms with Crippen molar-refractivity contribution in [2.75, 3.05) is 25.0 Å². The molecule has 7 heteroatoms. The molecular formula is C16H21N5O2. The Morgan fingerprint density at radius 2 is 2.35 bits per heavy atom. The highest BCUT2D eigenvalue weighted by molar-refractivity contribution is 5.89. The van der Waals surface area contributed by atoms with E-state index in [0.717, 1.165) is 6.42 Å². The lowest BCUT2D eigenvalue weighted by atomic mass is 10.0. The van der Waals surface area contributed by atoms with Crippen molar-refractivity contribution in [3.8, 4) is 5.82 Å². The van der Waals surface area contributed by atoms with Gasteiger partial charge in [-0.1, -0.05) is 13.0 Å². The number of hydrogen-bond donors (Lipinski definition) is 1. The lowest BCUT2D eigenvalue weighted by Crippen LogP contribution is -2.52. The van der Waals surface area contributed by atoms with E-state index in [0.29, 0.717) is 31.2 Å². The van der Waals surface area contributed by atoms with Gasteiger partial charge in [0.05, 0.1) is 36.8 Å². The number of morpholine rings is 1. The topological polar surface area (TPSA) is 72.3 Å². The van der Waals surface area contributed by atoms with E-state index in [1.807, 2.05) is 25.1 Å². The van der Waals surface area contributed by atoms with Gasteiger partial charge in [0.1, 0.15) is 0 Å². The second kappa shape index (κ2) is 6.37. The second-order valence-corrected chi connectivity index (χ2v) is 5.87. The summed E-state index contributed by atoms with van der Waals surface area (Å²) in [5.41, 5.74) is 0.374. The number of rotatable bonds is 3. The van der Waals surface area contributed by atoms with Gasteiger partial charge in [0, 0.05) is 12.7 Å². The zero-order valence-electron chi connectivity index (χ0n) is 13.4. The number of amides is 2. The SMILES string of the molecule is CC[C@@]1(C)CN(C(=O)Nc2cnn(-c3ccccn3)c2)CCO1. The van der Waals surface area contributed by atoms with Crippen LogP contribution in [0.2, 0.25) is 0 Å². The number of nitrogens with one attached hydrogen (secondary N) is 1. The molecule has 0 bridgehead atoms. The first-order valence-corrected chi connectivity index (χ1v) is 7.76. The molecule has 0 aliphatic carbocycles. The number of carbonyl (C=O) groups excluding carboxylic acids is 1. The molecule has 2 aromatic heterocycles. The predicted octanol–water partition coefficient (Wildman–Crippen LogP) is 2.30. The molecule has 122 valence electrons. The number of anilines is 1. The minimum Gasteiger partial charge on any atom is -0.372 e. The summed E-state index contributed by atoms with van der Waals surface area (Å²) in [6.07, 6.45) is 5.94. The van der Waals surface area contributed by atoms with Crippen LogP contribution in [0.3, 0.4) is 0 Å². The monoisotopic (exact) mass is 315 g/mol. The highest BCUT2D eigenvalue weighted by Crippen LogP contribution is 2.21. The fourth-order valence-corrected chi connectivity index (χ4v) is 2.52. The minimum absolute atomic E-state index is 0.131. The zero-order chi connectivity index (χ0) is 16.3. The van der Waals surface area contributed by atoms with Gasteiger partial charge < -0.3 is 15.0 Å². The number of hydrogen-bond acceptors (Lipinski definition) is 4. The molecule has 0 saturated carbocycles. The molecule has 0 aromatic carbocycles. The van der Waals surface area contributed by atoms with Crippen molar-refractivity contribution in [1.29, 1.82) is 0 Å². The standard InChI is InChI=1S/C16H21N5O2/c1-3-16(2)12-20(8-9-23-16)15(22)19-13-10-18-21(11-13)14-6-4-5-7-17-14/h4-7,10-11H,3,8-9,12H2,1-2H3,(H,19,22)/t16-/m0/s1. The molecule has 1 saturated heterocycles. The highest BCUT2D eigenvalue weighted by atomic mass is 16.5. The molecule has 3 rings (SSSR count). The quantitative estimate of drug-likeness (QED) is 0.943. The molecule has 3 heterocycles. The number of nitrogens with zero attached hydrogens (tertiary/aromatic N) is 4. The average Bonchev–Trinajstić information content (AvgIpc) is 3.04. The Kier molecular flexibility index (Phi) is 4.29. The fourth-order valence-electron chi connectivity index (χ4n) is 2.52. The van der Waals surface area contributed by atoms with E-state index in [9.17, 15) is 4.79 Å². The van der Waals surface area contributed by atoms with Crippen molar-refractivity contribution >= 4 is 11.7 Å². The fraction of sp³-hybridized carbons (Fsp3) is 0.438. The lowest BCUT2D eigenvalue weighted by Gasteiger charge is -2.39. The first kappa shape index (κ1) is 15.5. The summed E-state index contributed by atoms with van der Waals surface area (Å²) in [6, 6.07) is 5.46. The van der Waals surface area contributed by atoms with Crippen LogP contribution in [0.15, 0.2) is 36.8 Å². The minimum atomic E-state index is -0.270. The van der Waals surface area contributed by atoms with Gasteiger partial charge in [0.15, 0.2) is 5.82 Å². The van der Waals surface area contributed by atoms with E-state index in [-0.39, 0.29) is 11.6 Å². The summed E-state index contributed by atoms with van der Waals surface area (Å²) in [5, 5.41) is 7.11. The molecule has 2 amide bonds. The summed E-state index contributed by atoms with van der Waals surface area (Å²) in [4.78, 5) is 18.4. The lowest BCUT2D eigenvalue weighted by molar-refractivity contribution is -0.0860. The van der Waals surface area contributed by atoms with Crippen LogP contribution in [0.1, 0.15) is 20.3 Å². The summed E-state index contributed by atoms with van der Waals surface area (Å²) >= 11 is 0. The Hall–Kier alpha value is -2.41. The Balaban J connectivity index is 1.66. The summed E-state index contributed by atoms with van der Waals surface area (Å²) in [5.74, 6) is 0.706. The molecule has 1 N–H and O–H groups in total. The van der Waals surface area contributed by atoms with E-state index >= 15 is 0 Å². The number of ether oxygens (including phenoxy) is 1. The van der Waals surface area contributed by atoms with Crippen LogP contribution in [0.4, 0.5) is 10.5 Å². The van der Waals surface area contributed by atoms with Gasteiger partial charge >= 0.3 is 6.03 Å². The van der Waals surface area contributed by atoms with Crippen LogP contribution >= 0.6 is 0 Å². The molecule has 7 nitrogen and oxygen atoms in total. The molecule has 0 spiro atoms. The van der Waals surface area contributed by atoms with E-state index in [2.05, 4.69) is 22.3 Å². The molecule has 1 aliphatic heterocycles. The van der Waals surface area contributed by atoms with E-state index < -0.39 is 0 Å². The van der Waals surface area contributed by atoms with E-state index in [1.54, 1.807) is 28.2 Å². The van der Waals surface area contributed by atoms with Gasteiger partial charge in [-0.05, 0) is 25.5 Å². The number of carbonyl (C=O) groups is 1. The van der Waals surface area contributed by atoms with E-state index in [1.165, 1.54) is 0 Å². The third kappa shape index (κ3) is 3.50. The van der Waals surface area contributed by atoms with Crippen LogP contribution in [0.5, 0.6) is 0 Å². The Morgan fingerprint density at radius 1 is 1.48 bits per heavy atom. The maximum Gasteiger partial charge on any atom is 0.322 e. The van der Waals surface area contributed by atoms with Gasteiger partial charge in [0.2, 0.25) is 0 Å². The Labute approximate surface area is 135 Å². The van der Waals surface area contributed by atoms with Gasteiger partial charge in [0.25, 0.3) is 0 Å². The third-order valence-corrected chi connectivity index (χ3v) is 4.09. The van der Waals surface area contributed by atoms with Gasteiger partial charge in [-0.15, -0.1) is 0 Å². The van der Waals surface area contributed by atoms with E-state index in [4.69, 9.17) is 4.74 Å². The molecular weight excluding hydrogens is 294 g/mol. The van der Waals surface area contributed by atoms with Crippen molar-refractivity contribution in [1.82, 2.24) is 19.7 Å². The molecule has 2 aromatic rings. The highest BCUT2D eigenvalue weighted by Gasteiger charge is 2.32. The van der Waals surface area contributed by atoms with Crippen LogP contribution in [0.25, 0.3) is 5.82 Å². The van der Waals surface area contributed by atoms with Crippen molar-refractivity contribution in [2.45, 2.75) is 25.9 Å². The number of urea groups is 1. The third-order valence-electron chi connectivity index (χ3n) is 4.09.